The van der Waals surface area contributed by atoms with Gasteiger partial charge in [-0.05, 0) is 51.7 Å². The fourth-order valence-corrected chi connectivity index (χ4v) is 4.19. The van der Waals surface area contributed by atoms with Gasteiger partial charge in [-0.3, -0.25) is 9.36 Å². The molecule has 0 fully saturated rings. The molecular formula is C23H29N5O3. The fourth-order valence-electron chi connectivity index (χ4n) is 4.19. The number of aromatic nitrogens is 4. The van der Waals surface area contributed by atoms with E-state index >= 15 is 0 Å². The lowest BCUT2D eigenvalue weighted by molar-refractivity contribution is -0.125. The number of fused-ring (bicyclic) bond motifs is 1. The number of amides is 1. The smallest absolute Gasteiger partial charge is 0.346 e. The Bertz CT molecular complexity index is 1150. The summed E-state index contributed by atoms with van der Waals surface area (Å²) in [6.45, 7) is 9.17. The van der Waals surface area contributed by atoms with E-state index in [9.17, 15) is 9.59 Å². The molecule has 0 saturated heterocycles. The van der Waals surface area contributed by atoms with Crippen molar-refractivity contribution in [1.82, 2.24) is 24.8 Å². The van der Waals surface area contributed by atoms with Crippen LogP contribution in [0.2, 0.25) is 0 Å². The summed E-state index contributed by atoms with van der Waals surface area (Å²) in [5.41, 5.74) is 5.00. The van der Waals surface area contributed by atoms with Gasteiger partial charge in [0.05, 0.1) is 12.2 Å². The second-order valence-electron chi connectivity index (χ2n) is 8.48. The maximum absolute atomic E-state index is 12.9. The van der Waals surface area contributed by atoms with Crippen LogP contribution in [-0.2, 0) is 30.8 Å². The number of carbonyl (C=O) groups excluding carboxylic acids is 1. The molecule has 1 N–H and O–H groups in total. The van der Waals surface area contributed by atoms with Crippen LogP contribution in [0.1, 0.15) is 52.4 Å². The Morgan fingerprint density at radius 3 is 2.77 bits per heavy atom. The van der Waals surface area contributed by atoms with Gasteiger partial charge in [0.1, 0.15) is 11.6 Å². The highest BCUT2D eigenvalue weighted by atomic mass is 16.5. The molecule has 1 unspecified atom stereocenters. The molecule has 1 atom stereocenters. The molecule has 1 aliphatic rings. The monoisotopic (exact) mass is 423 g/mol. The predicted octanol–water partition coefficient (Wildman–Crippen LogP) is 2.58. The fraction of sp³-hybridized carbons (Fsp3) is 0.478. The number of aryl methyl sites for hydroxylation is 5. The van der Waals surface area contributed by atoms with E-state index in [-0.39, 0.29) is 17.5 Å². The third-order valence-electron chi connectivity index (χ3n) is 6.23. The first kappa shape index (κ1) is 21.1. The number of benzene rings is 1. The third-order valence-corrected chi connectivity index (χ3v) is 6.23. The summed E-state index contributed by atoms with van der Waals surface area (Å²) >= 11 is 0. The highest BCUT2D eigenvalue weighted by Gasteiger charge is 2.26. The van der Waals surface area contributed by atoms with Crippen LogP contribution in [0.4, 0.5) is 0 Å². The molecule has 1 aromatic carbocycles. The molecule has 8 nitrogen and oxygen atoms in total. The van der Waals surface area contributed by atoms with E-state index in [2.05, 4.69) is 47.6 Å². The number of nitrogens with zero attached hydrogens (tertiary/aromatic N) is 4. The summed E-state index contributed by atoms with van der Waals surface area (Å²) in [5, 5.41) is 11.6. The molecule has 8 heteroatoms. The molecule has 1 amide bonds. The van der Waals surface area contributed by atoms with Gasteiger partial charge >= 0.3 is 5.69 Å². The summed E-state index contributed by atoms with van der Waals surface area (Å²) in [7, 11) is 0. The third kappa shape index (κ3) is 4.33. The molecule has 164 valence electrons. The molecule has 3 aromatic rings. The van der Waals surface area contributed by atoms with Crippen molar-refractivity contribution in [2.75, 3.05) is 0 Å². The Kier molecular flexibility index (Phi) is 5.80. The number of hydrogen-bond donors (Lipinski definition) is 1. The Hall–Kier alpha value is -3.16. The van der Waals surface area contributed by atoms with Crippen LogP contribution in [0, 0.1) is 33.6 Å². The number of rotatable bonds is 5. The molecule has 0 spiro atoms. The molecule has 2 aromatic heterocycles. The van der Waals surface area contributed by atoms with Crippen LogP contribution in [0.3, 0.4) is 0 Å². The zero-order chi connectivity index (χ0) is 22.1. The number of hydrogen-bond acceptors (Lipinski definition) is 5. The minimum atomic E-state index is -0.147. The molecule has 0 saturated carbocycles. The lowest BCUT2D eigenvalue weighted by atomic mass is 9.99. The van der Waals surface area contributed by atoms with Crippen molar-refractivity contribution in [3.63, 3.8) is 0 Å². The van der Waals surface area contributed by atoms with Gasteiger partial charge in [0, 0.05) is 31.0 Å². The predicted molar refractivity (Wildman–Crippen MR) is 116 cm³/mol. The average molecular weight is 424 g/mol. The summed E-state index contributed by atoms with van der Waals surface area (Å²) in [5.74, 6) is 1.36. The van der Waals surface area contributed by atoms with Gasteiger partial charge < -0.3 is 9.84 Å². The largest absolute Gasteiger partial charge is 0.361 e. The van der Waals surface area contributed by atoms with Gasteiger partial charge in [0.2, 0.25) is 5.91 Å². The number of carbonyl (C=O) groups is 1. The summed E-state index contributed by atoms with van der Waals surface area (Å²) < 4.78 is 8.37. The minimum absolute atomic E-state index is 0.0442. The Labute approximate surface area is 181 Å². The summed E-state index contributed by atoms with van der Waals surface area (Å²) in [6, 6.07) is 6.26. The molecule has 0 radical (unpaired) electrons. The molecule has 3 heterocycles. The second-order valence-corrected chi connectivity index (χ2v) is 8.48. The molecule has 31 heavy (non-hydrogen) atoms. The first-order valence-electron chi connectivity index (χ1n) is 10.8. The molecule has 0 aliphatic carbocycles. The van der Waals surface area contributed by atoms with Crippen LogP contribution >= 0.6 is 0 Å². The van der Waals surface area contributed by atoms with E-state index in [1.165, 1.54) is 15.8 Å². The van der Waals surface area contributed by atoms with Crippen LogP contribution < -0.4 is 11.0 Å². The summed E-state index contributed by atoms with van der Waals surface area (Å²) in [4.78, 5) is 25.7. The quantitative estimate of drug-likeness (QED) is 0.681. The normalized spacial score (nSPS) is 16.1. The average Bonchev–Trinajstić information content (AvgIpc) is 3.12. The minimum Gasteiger partial charge on any atom is -0.361 e. The van der Waals surface area contributed by atoms with Gasteiger partial charge in [0.25, 0.3) is 0 Å². The van der Waals surface area contributed by atoms with E-state index in [1.54, 1.807) is 4.57 Å². The Morgan fingerprint density at radius 1 is 1.23 bits per heavy atom. The maximum Gasteiger partial charge on any atom is 0.346 e. The van der Waals surface area contributed by atoms with E-state index in [4.69, 9.17) is 4.52 Å². The van der Waals surface area contributed by atoms with Gasteiger partial charge in [0.15, 0.2) is 0 Å². The highest BCUT2D eigenvalue weighted by molar-refractivity contribution is 5.78. The zero-order valence-corrected chi connectivity index (χ0v) is 18.6. The lowest BCUT2D eigenvalue weighted by Crippen LogP contribution is -2.31. The standard InChI is InChI=1S/C23H29N5O3/c1-14-5-6-15(2)19(11-14)12-24-22(29)18-7-8-21-25-28(23(30)27(21)10-9-18)13-20-16(3)26-31-17(20)4/h5-6,11,18H,7-10,12-13H2,1-4H3,(H,24,29). The van der Waals surface area contributed by atoms with E-state index in [0.717, 1.165) is 22.6 Å². The zero-order valence-electron chi connectivity index (χ0n) is 18.6. The van der Waals surface area contributed by atoms with E-state index < -0.39 is 0 Å². The van der Waals surface area contributed by atoms with Crippen LogP contribution in [0.25, 0.3) is 0 Å². The highest BCUT2D eigenvalue weighted by Crippen LogP contribution is 2.20. The van der Waals surface area contributed by atoms with Crippen molar-refractivity contribution < 1.29 is 9.32 Å². The SMILES string of the molecule is Cc1ccc(C)c(CNC(=O)C2CCc3nn(Cc4c(C)noc4C)c(=O)n3CC2)c1. The van der Waals surface area contributed by atoms with Gasteiger partial charge in [-0.15, -0.1) is 0 Å². The lowest BCUT2D eigenvalue weighted by Gasteiger charge is -2.15. The van der Waals surface area contributed by atoms with Crippen LogP contribution in [0.5, 0.6) is 0 Å². The molecule has 4 rings (SSSR count). The second kappa shape index (κ2) is 8.53. The van der Waals surface area contributed by atoms with E-state index in [1.807, 2.05) is 13.8 Å². The van der Waals surface area contributed by atoms with Crippen LogP contribution in [-0.4, -0.2) is 25.4 Å². The summed E-state index contributed by atoms with van der Waals surface area (Å²) in [6.07, 6.45) is 1.91. The van der Waals surface area contributed by atoms with Gasteiger partial charge in [-0.2, -0.15) is 5.10 Å². The van der Waals surface area contributed by atoms with Gasteiger partial charge in [-0.25, -0.2) is 9.48 Å². The Morgan fingerprint density at radius 2 is 2.03 bits per heavy atom. The van der Waals surface area contributed by atoms with Crippen LogP contribution in [0.15, 0.2) is 27.5 Å². The first-order valence-corrected chi connectivity index (χ1v) is 10.8. The molecule has 0 bridgehead atoms. The van der Waals surface area contributed by atoms with Crippen molar-refractivity contribution in [3.8, 4) is 0 Å². The van der Waals surface area contributed by atoms with Crippen molar-refractivity contribution in [2.45, 2.75) is 66.6 Å². The van der Waals surface area contributed by atoms with Crippen molar-refractivity contribution in [3.05, 3.63) is 68.2 Å². The Balaban J connectivity index is 1.41. The maximum atomic E-state index is 12.9. The number of nitrogens with one attached hydrogen (secondary N) is 1. The van der Waals surface area contributed by atoms with Crippen molar-refractivity contribution in [1.29, 1.82) is 0 Å². The first-order chi connectivity index (χ1) is 14.8. The van der Waals surface area contributed by atoms with Crippen molar-refractivity contribution in [2.24, 2.45) is 5.92 Å². The molecule has 1 aliphatic heterocycles. The van der Waals surface area contributed by atoms with E-state index in [0.29, 0.717) is 44.7 Å². The van der Waals surface area contributed by atoms with Crippen molar-refractivity contribution >= 4 is 5.91 Å². The topological polar surface area (TPSA) is 95.0 Å². The molecular weight excluding hydrogens is 394 g/mol. The van der Waals surface area contributed by atoms with Gasteiger partial charge in [-0.1, -0.05) is 28.9 Å².